The summed E-state index contributed by atoms with van der Waals surface area (Å²) >= 11 is 0. The van der Waals surface area contributed by atoms with E-state index in [0.717, 1.165) is 12.4 Å². The van der Waals surface area contributed by atoms with Crippen molar-refractivity contribution < 1.29 is 0 Å². The van der Waals surface area contributed by atoms with Crippen LogP contribution in [0.1, 0.15) is 17.5 Å². The van der Waals surface area contributed by atoms with Gasteiger partial charge in [-0.15, -0.1) is 0 Å². The standard InChI is InChI=1S/C9H12N2/c1-7-5-8-3-2-4-10-9(8)11-6-7/h5-6H,2-4H2,1H3,(H,10,11). The minimum atomic E-state index is 1.07. The van der Waals surface area contributed by atoms with Crippen molar-refractivity contribution in [3.05, 3.63) is 23.4 Å². The predicted molar refractivity (Wildman–Crippen MR) is 45.8 cm³/mol. The Morgan fingerprint density at radius 1 is 1.55 bits per heavy atom. The molecule has 0 unspecified atom stereocenters. The van der Waals surface area contributed by atoms with Gasteiger partial charge in [-0.25, -0.2) is 4.98 Å². The highest BCUT2D eigenvalue weighted by atomic mass is 15.0. The van der Waals surface area contributed by atoms with Crippen molar-refractivity contribution in [3.8, 4) is 0 Å². The number of nitrogens with one attached hydrogen (secondary N) is 1. The van der Waals surface area contributed by atoms with E-state index in [9.17, 15) is 0 Å². The fraction of sp³-hybridized carbons (Fsp3) is 0.444. The van der Waals surface area contributed by atoms with Crippen molar-refractivity contribution in [2.45, 2.75) is 19.8 Å². The Balaban J connectivity index is 2.43. The van der Waals surface area contributed by atoms with Crippen LogP contribution >= 0.6 is 0 Å². The number of pyridine rings is 1. The number of fused-ring (bicyclic) bond motifs is 1. The van der Waals surface area contributed by atoms with E-state index in [1.807, 2.05) is 6.20 Å². The zero-order valence-corrected chi connectivity index (χ0v) is 6.72. The molecular weight excluding hydrogens is 136 g/mol. The van der Waals surface area contributed by atoms with Crippen LogP contribution in [0.2, 0.25) is 0 Å². The molecule has 2 rings (SSSR count). The van der Waals surface area contributed by atoms with E-state index in [2.05, 4.69) is 23.3 Å². The van der Waals surface area contributed by atoms with Crippen LogP contribution in [-0.4, -0.2) is 11.5 Å². The zero-order valence-electron chi connectivity index (χ0n) is 6.72. The van der Waals surface area contributed by atoms with Gasteiger partial charge in [0.15, 0.2) is 0 Å². The molecule has 0 amide bonds. The lowest BCUT2D eigenvalue weighted by Crippen LogP contribution is -2.13. The van der Waals surface area contributed by atoms with Gasteiger partial charge in [-0.3, -0.25) is 0 Å². The molecule has 2 nitrogen and oxygen atoms in total. The first-order valence-electron chi connectivity index (χ1n) is 4.05. The lowest BCUT2D eigenvalue weighted by Gasteiger charge is -2.16. The molecule has 0 atom stereocenters. The van der Waals surface area contributed by atoms with Crippen molar-refractivity contribution >= 4 is 5.82 Å². The average Bonchev–Trinajstić information content (AvgIpc) is 2.04. The summed E-state index contributed by atoms with van der Waals surface area (Å²) < 4.78 is 0. The van der Waals surface area contributed by atoms with Crippen LogP contribution in [-0.2, 0) is 6.42 Å². The van der Waals surface area contributed by atoms with E-state index in [4.69, 9.17) is 0 Å². The topological polar surface area (TPSA) is 24.9 Å². The first kappa shape index (κ1) is 6.65. The number of rotatable bonds is 0. The maximum atomic E-state index is 4.31. The van der Waals surface area contributed by atoms with Gasteiger partial charge < -0.3 is 5.32 Å². The first-order valence-corrected chi connectivity index (χ1v) is 4.05. The van der Waals surface area contributed by atoms with Gasteiger partial charge in [0.25, 0.3) is 0 Å². The van der Waals surface area contributed by atoms with E-state index in [1.54, 1.807) is 0 Å². The van der Waals surface area contributed by atoms with Crippen LogP contribution in [0.4, 0.5) is 5.82 Å². The van der Waals surface area contributed by atoms with Gasteiger partial charge in [0.05, 0.1) is 0 Å². The fourth-order valence-corrected chi connectivity index (χ4v) is 1.47. The Hall–Kier alpha value is -1.05. The highest BCUT2D eigenvalue weighted by Crippen LogP contribution is 2.19. The smallest absolute Gasteiger partial charge is 0.129 e. The summed E-state index contributed by atoms with van der Waals surface area (Å²) in [6.45, 7) is 3.16. The summed E-state index contributed by atoms with van der Waals surface area (Å²) in [4.78, 5) is 4.31. The van der Waals surface area contributed by atoms with Gasteiger partial charge in [0.2, 0.25) is 0 Å². The highest BCUT2D eigenvalue weighted by molar-refractivity contribution is 5.47. The molecule has 1 N–H and O–H groups in total. The van der Waals surface area contributed by atoms with Crippen LogP contribution in [0.15, 0.2) is 12.3 Å². The second-order valence-electron chi connectivity index (χ2n) is 3.05. The largest absolute Gasteiger partial charge is 0.370 e. The Kier molecular flexibility index (Phi) is 1.53. The maximum absolute atomic E-state index is 4.31. The number of anilines is 1. The molecule has 2 heterocycles. The third kappa shape index (κ3) is 1.20. The van der Waals surface area contributed by atoms with Crippen molar-refractivity contribution in [1.82, 2.24) is 4.98 Å². The number of hydrogen-bond acceptors (Lipinski definition) is 2. The Labute approximate surface area is 66.7 Å². The molecular formula is C9H12N2. The summed E-state index contributed by atoms with van der Waals surface area (Å²) in [7, 11) is 0. The number of aryl methyl sites for hydroxylation is 2. The minimum Gasteiger partial charge on any atom is -0.370 e. The molecule has 1 aliphatic rings. The third-order valence-corrected chi connectivity index (χ3v) is 2.02. The summed E-state index contributed by atoms with van der Waals surface area (Å²) in [5.41, 5.74) is 2.63. The lowest BCUT2D eigenvalue weighted by atomic mass is 10.1. The van der Waals surface area contributed by atoms with Crippen LogP contribution in [0.25, 0.3) is 0 Å². The first-order chi connectivity index (χ1) is 5.36. The summed E-state index contributed by atoms with van der Waals surface area (Å²) in [6, 6.07) is 2.22. The van der Waals surface area contributed by atoms with Crippen molar-refractivity contribution in [2.24, 2.45) is 0 Å². The molecule has 0 fully saturated rings. The lowest BCUT2D eigenvalue weighted by molar-refractivity contribution is 0.816. The van der Waals surface area contributed by atoms with Gasteiger partial charge in [0.1, 0.15) is 5.82 Å². The molecule has 0 radical (unpaired) electrons. The molecule has 0 aliphatic carbocycles. The van der Waals surface area contributed by atoms with Gasteiger partial charge in [-0.05, 0) is 30.9 Å². The molecule has 0 spiro atoms. The van der Waals surface area contributed by atoms with E-state index in [-0.39, 0.29) is 0 Å². The van der Waals surface area contributed by atoms with Crippen molar-refractivity contribution in [3.63, 3.8) is 0 Å². The summed E-state index contributed by atoms with van der Waals surface area (Å²) in [6.07, 6.45) is 4.33. The molecule has 0 saturated carbocycles. The maximum Gasteiger partial charge on any atom is 0.129 e. The Morgan fingerprint density at radius 2 is 2.45 bits per heavy atom. The second-order valence-corrected chi connectivity index (χ2v) is 3.05. The van der Waals surface area contributed by atoms with Crippen LogP contribution < -0.4 is 5.32 Å². The quantitative estimate of drug-likeness (QED) is 0.606. The fourth-order valence-electron chi connectivity index (χ4n) is 1.47. The highest BCUT2D eigenvalue weighted by Gasteiger charge is 2.08. The van der Waals surface area contributed by atoms with E-state index in [0.29, 0.717) is 0 Å². The second kappa shape index (κ2) is 2.53. The van der Waals surface area contributed by atoms with Crippen LogP contribution in [0.5, 0.6) is 0 Å². The van der Waals surface area contributed by atoms with Crippen LogP contribution in [0, 0.1) is 6.92 Å². The molecule has 0 saturated heterocycles. The number of aromatic nitrogens is 1. The average molecular weight is 148 g/mol. The molecule has 11 heavy (non-hydrogen) atoms. The Bertz CT molecular complexity index is 268. The molecule has 1 aliphatic heterocycles. The molecule has 1 aromatic rings. The molecule has 0 bridgehead atoms. The van der Waals surface area contributed by atoms with Crippen LogP contribution in [0.3, 0.4) is 0 Å². The Morgan fingerprint density at radius 3 is 3.36 bits per heavy atom. The van der Waals surface area contributed by atoms with E-state index < -0.39 is 0 Å². The molecule has 1 aromatic heterocycles. The van der Waals surface area contributed by atoms with Crippen molar-refractivity contribution in [1.29, 1.82) is 0 Å². The van der Waals surface area contributed by atoms with Gasteiger partial charge in [-0.1, -0.05) is 6.07 Å². The molecule has 58 valence electrons. The molecule has 2 heteroatoms. The summed E-state index contributed by atoms with van der Waals surface area (Å²) in [5.74, 6) is 1.09. The SMILES string of the molecule is Cc1cnc2c(c1)CCCN2. The normalized spacial score (nSPS) is 15.4. The minimum absolute atomic E-state index is 1.07. The van der Waals surface area contributed by atoms with Crippen molar-refractivity contribution in [2.75, 3.05) is 11.9 Å². The van der Waals surface area contributed by atoms with Gasteiger partial charge >= 0.3 is 0 Å². The van der Waals surface area contributed by atoms with E-state index >= 15 is 0 Å². The summed E-state index contributed by atoms with van der Waals surface area (Å²) in [5, 5.41) is 3.28. The number of nitrogens with zero attached hydrogens (tertiary/aromatic N) is 1. The predicted octanol–water partition coefficient (Wildman–Crippen LogP) is 1.75. The zero-order chi connectivity index (χ0) is 7.68. The molecule has 0 aromatic carbocycles. The van der Waals surface area contributed by atoms with E-state index in [1.165, 1.54) is 24.0 Å². The third-order valence-electron chi connectivity index (χ3n) is 2.02. The van der Waals surface area contributed by atoms with Gasteiger partial charge in [0, 0.05) is 12.7 Å². The monoisotopic (exact) mass is 148 g/mol. The number of hydrogen-bond donors (Lipinski definition) is 1. The van der Waals surface area contributed by atoms with Gasteiger partial charge in [-0.2, -0.15) is 0 Å².